The first-order valence-electron chi connectivity index (χ1n) is 4.25. The van der Waals surface area contributed by atoms with Crippen LogP contribution >= 0.6 is 22.6 Å². The van der Waals surface area contributed by atoms with E-state index < -0.39 is 11.9 Å². The number of amides is 3. The Morgan fingerprint density at radius 3 is 2.27 bits per heavy atom. The molecule has 15 heavy (non-hydrogen) atoms. The Morgan fingerprint density at radius 1 is 1.07 bits per heavy atom. The smallest absolute Gasteiger partial charge is 0.303 e. The van der Waals surface area contributed by atoms with E-state index in [0.717, 1.165) is 9.13 Å². The highest BCUT2D eigenvalue weighted by Gasteiger charge is 2.22. The average Bonchev–Trinajstić information content (AvgIpc) is 2.49. The van der Waals surface area contributed by atoms with Crippen LogP contribution < -0.4 is 10.6 Å². The number of hydrogen-bond donors (Lipinski definition) is 2. The molecule has 0 radical (unpaired) electrons. The third kappa shape index (κ3) is 2.35. The molecule has 0 aliphatic carbocycles. The van der Waals surface area contributed by atoms with Crippen molar-refractivity contribution in [1.29, 1.82) is 0 Å². The van der Waals surface area contributed by atoms with Crippen LogP contribution in [0.25, 0.3) is 6.08 Å². The summed E-state index contributed by atoms with van der Waals surface area (Å²) in [4.78, 5) is 22.0. The predicted octanol–water partition coefficient (Wildman–Crippen LogP) is 1.47. The topological polar surface area (TPSA) is 58.2 Å². The fourth-order valence-corrected chi connectivity index (χ4v) is 1.57. The zero-order chi connectivity index (χ0) is 10.8. The van der Waals surface area contributed by atoms with Gasteiger partial charge in [-0.2, -0.15) is 0 Å². The first-order chi connectivity index (χ1) is 7.15. The summed E-state index contributed by atoms with van der Waals surface area (Å²) >= 11 is 2.20. The molecule has 1 aromatic carbocycles. The van der Waals surface area contributed by atoms with Gasteiger partial charge in [-0.15, -0.1) is 0 Å². The molecule has 0 aromatic heterocycles. The maximum Gasteiger partial charge on any atom is 0.326 e. The number of benzene rings is 1. The average molecular weight is 314 g/mol. The Balaban J connectivity index is 2.27. The van der Waals surface area contributed by atoms with E-state index in [2.05, 4.69) is 33.2 Å². The van der Waals surface area contributed by atoms with Gasteiger partial charge in [-0.25, -0.2) is 4.79 Å². The maximum absolute atomic E-state index is 11.2. The van der Waals surface area contributed by atoms with E-state index in [-0.39, 0.29) is 5.70 Å². The van der Waals surface area contributed by atoms with Gasteiger partial charge in [0.05, 0.1) is 0 Å². The second-order valence-corrected chi connectivity index (χ2v) is 4.26. The highest BCUT2D eigenvalue weighted by molar-refractivity contribution is 14.1. The maximum atomic E-state index is 11.2. The second kappa shape index (κ2) is 4.01. The van der Waals surface area contributed by atoms with E-state index >= 15 is 0 Å². The third-order valence-electron chi connectivity index (χ3n) is 1.90. The summed E-state index contributed by atoms with van der Waals surface area (Å²) in [5, 5.41) is 4.57. The monoisotopic (exact) mass is 314 g/mol. The number of hydrogen-bond acceptors (Lipinski definition) is 2. The van der Waals surface area contributed by atoms with Crippen LogP contribution in [0.2, 0.25) is 0 Å². The molecule has 1 fully saturated rings. The Bertz CT molecular complexity index is 451. The molecule has 0 unspecified atom stereocenters. The first kappa shape index (κ1) is 10.2. The van der Waals surface area contributed by atoms with Gasteiger partial charge in [0.2, 0.25) is 0 Å². The molecule has 1 aliphatic rings. The number of carbonyl (C=O) groups is 2. The molecular weight excluding hydrogens is 307 g/mol. The number of halogens is 1. The van der Waals surface area contributed by atoms with Gasteiger partial charge in [-0.3, -0.25) is 10.1 Å². The van der Waals surface area contributed by atoms with Gasteiger partial charge < -0.3 is 5.32 Å². The summed E-state index contributed by atoms with van der Waals surface area (Å²) in [5.74, 6) is -0.390. The molecule has 1 aromatic rings. The van der Waals surface area contributed by atoms with Crippen LogP contribution in [0, 0.1) is 3.57 Å². The fourth-order valence-electron chi connectivity index (χ4n) is 1.21. The van der Waals surface area contributed by atoms with Gasteiger partial charge in [-0.1, -0.05) is 12.1 Å². The highest BCUT2D eigenvalue weighted by atomic mass is 127. The molecule has 5 heteroatoms. The normalized spacial score (nSPS) is 17.8. The zero-order valence-corrected chi connectivity index (χ0v) is 9.74. The Hall–Kier alpha value is -1.37. The number of rotatable bonds is 1. The van der Waals surface area contributed by atoms with Gasteiger partial charge in [0.25, 0.3) is 5.91 Å². The molecule has 2 rings (SSSR count). The summed E-state index contributed by atoms with van der Waals surface area (Å²) in [5.41, 5.74) is 1.16. The molecule has 4 nitrogen and oxygen atoms in total. The molecule has 1 aliphatic heterocycles. The van der Waals surface area contributed by atoms with E-state index in [1.165, 1.54) is 0 Å². The van der Waals surface area contributed by atoms with Crippen LogP contribution in [0.1, 0.15) is 5.56 Å². The lowest BCUT2D eigenvalue weighted by Crippen LogP contribution is -2.22. The van der Waals surface area contributed by atoms with Crippen molar-refractivity contribution < 1.29 is 9.59 Å². The Morgan fingerprint density at radius 2 is 1.73 bits per heavy atom. The van der Waals surface area contributed by atoms with Crippen LogP contribution in [-0.4, -0.2) is 11.9 Å². The quantitative estimate of drug-likeness (QED) is 0.468. The molecule has 1 heterocycles. The molecule has 0 atom stereocenters. The minimum Gasteiger partial charge on any atom is -0.303 e. The molecule has 3 amide bonds. The van der Waals surface area contributed by atoms with Crippen molar-refractivity contribution in [3.8, 4) is 0 Å². The van der Waals surface area contributed by atoms with E-state index in [4.69, 9.17) is 0 Å². The van der Waals surface area contributed by atoms with E-state index in [1.54, 1.807) is 6.08 Å². The van der Waals surface area contributed by atoms with Gasteiger partial charge >= 0.3 is 6.03 Å². The summed E-state index contributed by atoms with van der Waals surface area (Å²) < 4.78 is 1.12. The fraction of sp³-hybridized carbons (Fsp3) is 0. The SMILES string of the molecule is O=C1NC(=O)/C(=C\c2ccc(I)cc2)N1. The van der Waals surface area contributed by atoms with Gasteiger partial charge in [-0.05, 0) is 46.4 Å². The number of urea groups is 1. The van der Waals surface area contributed by atoms with Crippen molar-refractivity contribution >= 4 is 40.6 Å². The van der Waals surface area contributed by atoms with Crippen LogP contribution in [0.15, 0.2) is 30.0 Å². The van der Waals surface area contributed by atoms with Crippen LogP contribution in [-0.2, 0) is 4.79 Å². The van der Waals surface area contributed by atoms with Crippen molar-refractivity contribution in [2.24, 2.45) is 0 Å². The van der Waals surface area contributed by atoms with Crippen molar-refractivity contribution in [2.45, 2.75) is 0 Å². The van der Waals surface area contributed by atoms with Crippen molar-refractivity contribution in [1.82, 2.24) is 10.6 Å². The summed E-state index contributed by atoms with van der Waals surface area (Å²) in [6, 6.07) is 7.15. The molecule has 76 valence electrons. The largest absolute Gasteiger partial charge is 0.326 e. The van der Waals surface area contributed by atoms with E-state index in [0.29, 0.717) is 0 Å². The van der Waals surface area contributed by atoms with Gasteiger partial charge in [0.1, 0.15) is 5.70 Å². The summed E-state index contributed by atoms with van der Waals surface area (Å²) in [6.07, 6.45) is 1.64. The molecule has 0 bridgehead atoms. The Kier molecular flexibility index (Phi) is 2.72. The molecule has 0 saturated carbocycles. The minimum absolute atomic E-state index is 0.279. The lowest BCUT2D eigenvalue weighted by molar-refractivity contribution is -0.115. The minimum atomic E-state index is -0.475. The molecule has 1 saturated heterocycles. The first-order valence-corrected chi connectivity index (χ1v) is 5.32. The second-order valence-electron chi connectivity index (χ2n) is 3.02. The van der Waals surface area contributed by atoms with E-state index in [9.17, 15) is 9.59 Å². The van der Waals surface area contributed by atoms with Crippen molar-refractivity contribution in [3.05, 3.63) is 39.1 Å². The van der Waals surface area contributed by atoms with Crippen LogP contribution in [0.4, 0.5) is 4.79 Å². The van der Waals surface area contributed by atoms with Crippen LogP contribution in [0.3, 0.4) is 0 Å². The zero-order valence-electron chi connectivity index (χ0n) is 7.58. The summed E-state index contributed by atoms with van der Waals surface area (Å²) in [6.45, 7) is 0. The van der Waals surface area contributed by atoms with Gasteiger partial charge in [0, 0.05) is 3.57 Å². The lowest BCUT2D eigenvalue weighted by atomic mass is 10.2. The number of imide groups is 1. The molecule has 2 N–H and O–H groups in total. The molecule has 0 spiro atoms. The van der Waals surface area contributed by atoms with E-state index in [1.807, 2.05) is 24.3 Å². The lowest BCUT2D eigenvalue weighted by Gasteiger charge is -1.96. The van der Waals surface area contributed by atoms with Crippen molar-refractivity contribution in [3.63, 3.8) is 0 Å². The Labute approximate surface area is 99.9 Å². The number of nitrogens with one attached hydrogen (secondary N) is 2. The van der Waals surface area contributed by atoms with Crippen molar-refractivity contribution in [2.75, 3.05) is 0 Å². The number of carbonyl (C=O) groups excluding carboxylic acids is 2. The van der Waals surface area contributed by atoms with Crippen LogP contribution in [0.5, 0.6) is 0 Å². The standard InChI is InChI=1S/C10H7IN2O2/c11-7-3-1-6(2-4-7)5-8-9(14)13-10(15)12-8/h1-5H,(H2,12,13,14,15)/b8-5+. The third-order valence-corrected chi connectivity index (χ3v) is 2.62. The summed E-state index contributed by atoms with van der Waals surface area (Å²) in [7, 11) is 0. The van der Waals surface area contributed by atoms with Gasteiger partial charge in [0.15, 0.2) is 0 Å². The molecular formula is C10H7IN2O2. The predicted molar refractivity (Wildman–Crippen MR) is 63.8 cm³/mol. The highest BCUT2D eigenvalue weighted by Crippen LogP contribution is 2.11.